The molecule has 0 fully saturated rings. The first-order valence-corrected chi connectivity index (χ1v) is 10.7. The maximum absolute atomic E-state index is 12.5. The number of nitro groups is 1. The molecule has 0 spiro atoms. The highest BCUT2D eigenvalue weighted by Gasteiger charge is 2.13. The number of hydrogen-bond donors (Lipinski definition) is 1. The minimum atomic E-state index is -0.474. The summed E-state index contributed by atoms with van der Waals surface area (Å²) >= 11 is 5.98. The van der Waals surface area contributed by atoms with E-state index in [4.69, 9.17) is 16.0 Å². The van der Waals surface area contributed by atoms with E-state index in [0.29, 0.717) is 17.2 Å². The van der Waals surface area contributed by atoms with Gasteiger partial charge in [0.15, 0.2) is 5.76 Å². The van der Waals surface area contributed by atoms with Gasteiger partial charge in [-0.2, -0.15) is 5.10 Å². The zero-order chi connectivity index (χ0) is 23.7. The van der Waals surface area contributed by atoms with Crippen molar-refractivity contribution in [2.75, 3.05) is 0 Å². The van der Waals surface area contributed by atoms with Crippen LogP contribution in [-0.4, -0.2) is 21.6 Å². The summed E-state index contributed by atoms with van der Waals surface area (Å²) in [5.74, 6) is -0.340. The highest BCUT2D eigenvalue weighted by molar-refractivity contribution is 6.31. The minimum absolute atomic E-state index is 0.0530. The van der Waals surface area contributed by atoms with Gasteiger partial charge in [0.2, 0.25) is 0 Å². The number of nitrogens with one attached hydrogen (secondary N) is 1. The van der Waals surface area contributed by atoms with Gasteiger partial charge in [-0.1, -0.05) is 41.9 Å². The second kappa shape index (κ2) is 8.84. The second-order valence-corrected chi connectivity index (χ2v) is 8.08. The van der Waals surface area contributed by atoms with Crippen molar-refractivity contribution in [3.63, 3.8) is 0 Å². The third-order valence-electron chi connectivity index (χ3n) is 5.39. The van der Waals surface area contributed by atoms with Gasteiger partial charge in [0.25, 0.3) is 5.69 Å². The lowest BCUT2D eigenvalue weighted by molar-refractivity contribution is -0.384. The molecule has 34 heavy (non-hydrogen) atoms. The predicted octanol–water partition coefficient (Wildman–Crippen LogP) is 5.76. The largest absolute Gasteiger partial charge is 0.451 e. The van der Waals surface area contributed by atoms with E-state index in [0.717, 1.165) is 27.4 Å². The lowest BCUT2D eigenvalue weighted by Crippen LogP contribution is -2.16. The molecule has 5 rings (SSSR count). The number of nitro benzene ring substituents is 1. The van der Waals surface area contributed by atoms with Crippen LogP contribution in [0.1, 0.15) is 21.7 Å². The molecule has 0 saturated carbocycles. The Labute approximate surface area is 198 Å². The molecular formula is C25H17ClN4O4. The number of para-hydroxylation sites is 1. The number of carbonyl (C=O) groups is 1. The molecule has 9 heteroatoms. The molecule has 2 aromatic heterocycles. The Morgan fingerprint density at radius 3 is 2.71 bits per heavy atom. The average molecular weight is 473 g/mol. The van der Waals surface area contributed by atoms with Gasteiger partial charge in [-0.05, 0) is 35.9 Å². The van der Waals surface area contributed by atoms with Crippen molar-refractivity contribution in [2.24, 2.45) is 5.10 Å². The van der Waals surface area contributed by atoms with E-state index in [1.165, 1.54) is 12.1 Å². The van der Waals surface area contributed by atoms with E-state index in [1.54, 1.807) is 42.6 Å². The lowest BCUT2D eigenvalue weighted by atomic mass is 10.2. The lowest BCUT2D eigenvalue weighted by Gasteiger charge is -2.05. The van der Waals surface area contributed by atoms with E-state index in [1.807, 2.05) is 35.0 Å². The fourth-order valence-electron chi connectivity index (χ4n) is 3.77. The van der Waals surface area contributed by atoms with Crippen LogP contribution >= 0.6 is 11.6 Å². The highest BCUT2D eigenvalue weighted by atomic mass is 35.5. The van der Waals surface area contributed by atoms with Crippen molar-refractivity contribution in [1.82, 2.24) is 9.99 Å². The van der Waals surface area contributed by atoms with Crippen LogP contribution in [0.4, 0.5) is 5.69 Å². The third-order valence-corrected chi connectivity index (χ3v) is 5.63. The smallest absolute Gasteiger partial charge is 0.307 e. The summed E-state index contributed by atoms with van der Waals surface area (Å²) in [5.41, 5.74) is 5.82. The van der Waals surface area contributed by atoms with Crippen molar-refractivity contribution in [2.45, 2.75) is 6.54 Å². The number of carbonyl (C=O) groups excluding carboxylic acids is 1. The third kappa shape index (κ3) is 4.26. The number of furan rings is 1. The first kappa shape index (κ1) is 21.4. The predicted molar refractivity (Wildman–Crippen MR) is 130 cm³/mol. The first-order chi connectivity index (χ1) is 16.5. The van der Waals surface area contributed by atoms with Gasteiger partial charge < -0.3 is 8.98 Å². The standard InChI is InChI=1S/C25H17ClN4O4/c26-19-7-10-23-17(11-19)12-24(34-23)25(31)28-27-13-18-15-29(22-4-2-1-3-21(18)22)14-16-5-8-20(9-6-16)30(32)33/h1-13,15H,14H2,(H,28,31)/b27-13+. The molecule has 0 radical (unpaired) electrons. The van der Waals surface area contributed by atoms with Crippen molar-refractivity contribution in [3.05, 3.63) is 111 Å². The van der Waals surface area contributed by atoms with E-state index in [-0.39, 0.29) is 11.4 Å². The molecule has 168 valence electrons. The zero-order valence-corrected chi connectivity index (χ0v) is 18.4. The summed E-state index contributed by atoms with van der Waals surface area (Å²) < 4.78 is 7.59. The van der Waals surface area contributed by atoms with Crippen molar-refractivity contribution in [1.29, 1.82) is 0 Å². The summed E-state index contributed by atoms with van der Waals surface area (Å²) in [6.07, 6.45) is 3.50. The second-order valence-electron chi connectivity index (χ2n) is 7.64. The maximum Gasteiger partial charge on any atom is 0.307 e. The quantitative estimate of drug-likeness (QED) is 0.193. The van der Waals surface area contributed by atoms with Crippen molar-refractivity contribution in [3.8, 4) is 0 Å². The van der Waals surface area contributed by atoms with Crippen LogP contribution in [0.3, 0.4) is 0 Å². The Morgan fingerprint density at radius 2 is 1.91 bits per heavy atom. The van der Waals surface area contributed by atoms with Gasteiger partial charge in [0.05, 0.1) is 11.1 Å². The molecular weight excluding hydrogens is 456 g/mol. The molecule has 0 bridgehead atoms. The average Bonchev–Trinajstić information content (AvgIpc) is 3.41. The molecule has 1 amide bonds. The fourth-order valence-corrected chi connectivity index (χ4v) is 3.95. The minimum Gasteiger partial charge on any atom is -0.451 e. The fraction of sp³-hybridized carbons (Fsp3) is 0.0400. The number of non-ortho nitro benzene ring substituents is 1. The number of rotatable bonds is 6. The van der Waals surface area contributed by atoms with Crippen LogP contribution in [-0.2, 0) is 6.54 Å². The van der Waals surface area contributed by atoms with Crippen molar-refractivity contribution < 1.29 is 14.1 Å². The van der Waals surface area contributed by atoms with Gasteiger partial charge in [-0.3, -0.25) is 14.9 Å². The number of halogens is 1. The molecule has 0 aliphatic rings. The normalized spacial score (nSPS) is 11.4. The zero-order valence-electron chi connectivity index (χ0n) is 17.6. The van der Waals surface area contributed by atoms with Crippen LogP contribution in [0.25, 0.3) is 21.9 Å². The van der Waals surface area contributed by atoms with E-state index < -0.39 is 10.8 Å². The number of nitrogens with zero attached hydrogens (tertiary/aromatic N) is 3. The van der Waals surface area contributed by atoms with Gasteiger partial charge in [0.1, 0.15) is 5.58 Å². The molecule has 3 aromatic carbocycles. The molecule has 8 nitrogen and oxygen atoms in total. The Morgan fingerprint density at radius 1 is 1.12 bits per heavy atom. The maximum atomic E-state index is 12.5. The van der Waals surface area contributed by atoms with Crippen LogP contribution < -0.4 is 5.43 Å². The van der Waals surface area contributed by atoms with E-state index in [2.05, 4.69) is 10.5 Å². The topological polar surface area (TPSA) is 103 Å². The van der Waals surface area contributed by atoms with E-state index >= 15 is 0 Å². The number of benzene rings is 3. The molecule has 0 aliphatic heterocycles. The number of aromatic nitrogens is 1. The summed E-state index contributed by atoms with van der Waals surface area (Å²) in [5, 5.41) is 17.2. The molecule has 5 aromatic rings. The Bertz CT molecular complexity index is 1570. The van der Waals surface area contributed by atoms with Crippen LogP contribution in [0.2, 0.25) is 5.02 Å². The number of hydrogen-bond acceptors (Lipinski definition) is 5. The van der Waals surface area contributed by atoms with E-state index in [9.17, 15) is 14.9 Å². The number of fused-ring (bicyclic) bond motifs is 2. The molecule has 0 atom stereocenters. The van der Waals surface area contributed by atoms with Crippen molar-refractivity contribution >= 4 is 51.3 Å². The van der Waals surface area contributed by atoms with Crippen LogP contribution in [0, 0.1) is 10.1 Å². The summed E-state index contributed by atoms with van der Waals surface area (Å²) in [4.78, 5) is 22.9. The summed E-state index contributed by atoms with van der Waals surface area (Å²) in [6, 6.07) is 21.0. The number of amides is 1. The van der Waals surface area contributed by atoms with Crippen LogP contribution in [0.15, 0.2) is 88.5 Å². The molecule has 0 saturated heterocycles. The Kier molecular flexibility index (Phi) is 5.57. The highest BCUT2D eigenvalue weighted by Crippen LogP contribution is 2.24. The van der Waals surface area contributed by atoms with Crippen LogP contribution in [0.5, 0.6) is 0 Å². The SMILES string of the molecule is O=C(N/N=C/c1cn(Cc2ccc([N+](=O)[O-])cc2)c2ccccc12)c1cc2cc(Cl)ccc2o1. The Balaban J connectivity index is 1.36. The molecule has 2 heterocycles. The van der Waals surface area contributed by atoms with Gasteiger partial charge in [0, 0.05) is 51.7 Å². The summed E-state index contributed by atoms with van der Waals surface area (Å²) in [7, 11) is 0. The molecule has 1 N–H and O–H groups in total. The number of hydrazone groups is 1. The van der Waals surface area contributed by atoms with Gasteiger partial charge >= 0.3 is 5.91 Å². The first-order valence-electron chi connectivity index (χ1n) is 10.3. The molecule has 0 unspecified atom stereocenters. The summed E-state index contributed by atoms with van der Waals surface area (Å²) in [6.45, 7) is 0.528. The monoisotopic (exact) mass is 472 g/mol. The van der Waals surface area contributed by atoms with Gasteiger partial charge in [-0.25, -0.2) is 5.43 Å². The van der Waals surface area contributed by atoms with Gasteiger partial charge in [-0.15, -0.1) is 0 Å². The molecule has 0 aliphatic carbocycles. The Hall–Kier alpha value is -4.43.